The summed E-state index contributed by atoms with van der Waals surface area (Å²) in [5, 5.41) is 0. The van der Waals surface area contributed by atoms with E-state index in [4.69, 9.17) is 4.74 Å². The molecule has 70 valence electrons. The molecule has 0 atom stereocenters. The van der Waals surface area contributed by atoms with Crippen LogP contribution < -0.4 is 4.74 Å². The lowest BCUT2D eigenvalue weighted by atomic mass is 10.2. The molecule has 0 bridgehead atoms. The Bertz CT molecular complexity index is 397. The fraction of sp³-hybridized carbons (Fsp3) is 0.0909. The Balaban J connectivity index is 2.34. The van der Waals surface area contributed by atoms with E-state index in [0.29, 0.717) is 11.6 Å². The average Bonchev–Trinajstić information content (AvgIpc) is 2.30. The van der Waals surface area contributed by atoms with Gasteiger partial charge in [-0.3, -0.25) is 0 Å². The van der Waals surface area contributed by atoms with Crippen LogP contribution in [0, 0.1) is 0 Å². The minimum Gasteiger partial charge on any atom is -0.494 e. The summed E-state index contributed by atoms with van der Waals surface area (Å²) in [5.41, 5.74) is 1.01. The predicted molar refractivity (Wildman–Crippen MR) is 54.0 cm³/mol. The molecule has 0 amide bonds. The third kappa shape index (κ3) is 1.71. The van der Waals surface area contributed by atoms with E-state index < -0.39 is 0 Å². The van der Waals surface area contributed by atoms with E-state index in [-0.39, 0.29) is 0 Å². The fourth-order valence-electron chi connectivity index (χ4n) is 1.16. The summed E-state index contributed by atoms with van der Waals surface area (Å²) in [6.45, 7) is 0. The molecule has 2 aromatic rings. The zero-order valence-electron chi connectivity index (χ0n) is 7.84. The third-order valence-electron chi connectivity index (χ3n) is 1.90. The second kappa shape index (κ2) is 3.87. The number of methoxy groups -OCH3 is 1. The van der Waals surface area contributed by atoms with E-state index in [1.165, 1.54) is 0 Å². The number of rotatable bonds is 2. The van der Waals surface area contributed by atoms with Gasteiger partial charge < -0.3 is 4.74 Å². The molecular weight excluding hydrogens is 176 g/mol. The van der Waals surface area contributed by atoms with Crippen molar-refractivity contribution in [2.24, 2.45) is 0 Å². The van der Waals surface area contributed by atoms with Crippen molar-refractivity contribution in [2.45, 2.75) is 0 Å². The van der Waals surface area contributed by atoms with Gasteiger partial charge in [-0.15, -0.1) is 0 Å². The lowest BCUT2D eigenvalue weighted by Gasteiger charge is -2.00. The summed E-state index contributed by atoms with van der Waals surface area (Å²) in [5.74, 6) is 1.39. The van der Waals surface area contributed by atoms with E-state index in [2.05, 4.69) is 9.97 Å². The first kappa shape index (κ1) is 8.69. The Morgan fingerprint density at radius 1 is 1.00 bits per heavy atom. The number of hydrogen-bond donors (Lipinski definition) is 0. The number of benzene rings is 1. The van der Waals surface area contributed by atoms with Gasteiger partial charge in [-0.05, 0) is 0 Å². The molecule has 0 N–H and O–H groups in total. The molecule has 0 aliphatic heterocycles. The number of nitrogens with zero attached hydrogens (tertiary/aromatic N) is 2. The Kier molecular flexibility index (Phi) is 2.40. The summed E-state index contributed by atoms with van der Waals surface area (Å²) in [4.78, 5) is 8.37. The predicted octanol–water partition coefficient (Wildman–Crippen LogP) is 2.15. The molecule has 0 aliphatic rings. The van der Waals surface area contributed by atoms with Crippen molar-refractivity contribution >= 4 is 0 Å². The lowest BCUT2D eigenvalue weighted by Crippen LogP contribution is -1.90. The quantitative estimate of drug-likeness (QED) is 0.720. The van der Waals surface area contributed by atoms with E-state index in [1.54, 1.807) is 19.5 Å². The molecule has 0 spiro atoms. The summed E-state index contributed by atoms with van der Waals surface area (Å²) in [7, 11) is 1.60. The minimum atomic E-state index is 0.671. The standard InChI is InChI=1S/C11H10N2O/c1-14-10-7-12-11(13-8-10)9-5-3-2-4-6-9/h2-8H,1H3. The molecule has 1 aromatic carbocycles. The number of hydrogen-bond acceptors (Lipinski definition) is 3. The van der Waals surface area contributed by atoms with Gasteiger partial charge in [0.05, 0.1) is 19.5 Å². The van der Waals surface area contributed by atoms with Gasteiger partial charge in [0.2, 0.25) is 0 Å². The Hall–Kier alpha value is -1.90. The minimum absolute atomic E-state index is 0.671. The second-order valence-corrected chi connectivity index (χ2v) is 2.81. The fourth-order valence-corrected chi connectivity index (χ4v) is 1.16. The highest BCUT2D eigenvalue weighted by Gasteiger charge is 1.99. The SMILES string of the molecule is COc1cnc(-c2ccccc2)nc1. The first-order valence-corrected chi connectivity index (χ1v) is 4.31. The summed E-state index contributed by atoms with van der Waals surface area (Å²) in [6.07, 6.45) is 3.32. The summed E-state index contributed by atoms with van der Waals surface area (Å²) in [6, 6.07) is 9.84. The van der Waals surface area contributed by atoms with Crippen molar-refractivity contribution < 1.29 is 4.74 Å². The highest BCUT2D eigenvalue weighted by molar-refractivity contribution is 5.54. The average molecular weight is 186 g/mol. The molecule has 2 rings (SSSR count). The van der Waals surface area contributed by atoms with Crippen LogP contribution in [-0.2, 0) is 0 Å². The monoisotopic (exact) mass is 186 g/mol. The highest BCUT2D eigenvalue weighted by Crippen LogP contribution is 2.15. The van der Waals surface area contributed by atoms with Crippen molar-refractivity contribution in [2.75, 3.05) is 7.11 Å². The van der Waals surface area contributed by atoms with Crippen LogP contribution in [0.15, 0.2) is 42.7 Å². The molecule has 0 radical (unpaired) electrons. The van der Waals surface area contributed by atoms with Gasteiger partial charge in [0.15, 0.2) is 11.6 Å². The van der Waals surface area contributed by atoms with Gasteiger partial charge in [0.1, 0.15) is 0 Å². The van der Waals surface area contributed by atoms with Gasteiger partial charge in [0.25, 0.3) is 0 Å². The van der Waals surface area contributed by atoms with Crippen molar-refractivity contribution in [3.8, 4) is 17.1 Å². The maximum atomic E-state index is 4.98. The molecule has 1 aromatic heterocycles. The third-order valence-corrected chi connectivity index (χ3v) is 1.90. The van der Waals surface area contributed by atoms with E-state index in [9.17, 15) is 0 Å². The van der Waals surface area contributed by atoms with Gasteiger partial charge in [-0.1, -0.05) is 30.3 Å². The Morgan fingerprint density at radius 2 is 1.64 bits per heavy atom. The van der Waals surface area contributed by atoms with E-state index in [0.717, 1.165) is 5.56 Å². The first-order chi connectivity index (χ1) is 6.90. The van der Waals surface area contributed by atoms with Gasteiger partial charge in [-0.2, -0.15) is 0 Å². The molecule has 0 aliphatic carbocycles. The Morgan fingerprint density at radius 3 is 2.21 bits per heavy atom. The van der Waals surface area contributed by atoms with Crippen LogP contribution in [0.2, 0.25) is 0 Å². The highest BCUT2D eigenvalue weighted by atomic mass is 16.5. The molecule has 0 saturated heterocycles. The molecule has 3 heteroatoms. The molecule has 0 unspecified atom stereocenters. The molecular formula is C11H10N2O. The smallest absolute Gasteiger partial charge is 0.159 e. The van der Waals surface area contributed by atoms with Crippen molar-refractivity contribution in [1.82, 2.24) is 9.97 Å². The topological polar surface area (TPSA) is 35.0 Å². The van der Waals surface area contributed by atoms with Crippen molar-refractivity contribution in [1.29, 1.82) is 0 Å². The van der Waals surface area contributed by atoms with Crippen LogP contribution in [-0.4, -0.2) is 17.1 Å². The molecule has 0 fully saturated rings. The zero-order chi connectivity index (χ0) is 9.80. The van der Waals surface area contributed by atoms with Crippen LogP contribution in [0.3, 0.4) is 0 Å². The molecule has 0 saturated carbocycles. The van der Waals surface area contributed by atoms with E-state index in [1.807, 2.05) is 30.3 Å². The maximum Gasteiger partial charge on any atom is 0.159 e. The molecule has 3 nitrogen and oxygen atoms in total. The van der Waals surface area contributed by atoms with Crippen molar-refractivity contribution in [3.05, 3.63) is 42.7 Å². The van der Waals surface area contributed by atoms with Crippen LogP contribution in [0.1, 0.15) is 0 Å². The van der Waals surface area contributed by atoms with Crippen LogP contribution >= 0.6 is 0 Å². The normalized spacial score (nSPS) is 9.79. The van der Waals surface area contributed by atoms with Gasteiger partial charge in [0, 0.05) is 5.56 Å². The number of ether oxygens (including phenoxy) is 1. The zero-order valence-corrected chi connectivity index (χ0v) is 7.84. The van der Waals surface area contributed by atoms with Gasteiger partial charge >= 0.3 is 0 Å². The summed E-state index contributed by atoms with van der Waals surface area (Å²) < 4.78 is 4.98. The second-order valence-electron chi connectivity index (χ2n) is 2.81. The van der Waals surface area contributed by atoms with Crippen LogP contribution in [0.4, 0.5) is 0 Å². The van der Waals surface area contributed by atoms with Crippen molar-refractivity contribution in [3.63, 3.8) is 0 Å². The van der Waals surface area contributed by atoms with Crippen LogP contribution in [0.5, 0.6) is 5.75 Å². The van der Waals surface area contributed by atoms with Crippen LogP contribution in [0.25, 0.3) is 11.4 Å². The Labute approximate surface area is 82.4 Å². The first-order valence-electron chi connectivity index (χ1n) is 4.31. The van der Waals surface area contributed by atoms with E-state index >= 15 is 0 Å². The summed E-state index contributed by atoms with van der Waals surface area (Å²) >= 11 is 0. The maximum absolute atomic E-state index is 4.98. The largest absolute Gasteiger partial charge is 0.494 e. The molecule has 14 heavy (non-hydrogen) atoms. The molecule has 1 heterocycles. The van der Waals surface area contributed by atoms with Gasteiger partial charge in [-0.25, -0.2) is 9.97 Å². The number of aromatic nitrogens is 2. The lowest BCUT2D eigenvalue weighted by molar-refractivity contribution is 0.411.